The quantitative estimate of drug-likeness (QED) is 0.536. The van der Waals surface area contributed by atoms with Crippen molar-refractivity contribution in [2.24, 2.45) is 14.1 Å². The third-order valence-electron chi connectivity index (χ3n) is 3.54. The number of hydrogen-bond acceptors (Lipinski definition) is 5. The van der Waals surface area contributed by atoms with Crippen LogP contribution in [0.5, 0.6) is 0 Å². The maximum Gasteiger partial charge on any atom is 0.269 e. The Balaban J connectivity index is 1.58. The molecule has 9 heteroatoms. The molecule has 25 heavy (non-hydrogen) atoms. The van der Waals surface area contributed by atoms with Crippen LogP contribution < -0.4 is 5.32 Å². The van der Waals surface area contributed by atoms with Crippen molar-refractivity contribution < 1.29 is 9.18 Å². The lowest BCUT2D eigenvalue weighted by molar-refractivity contribution is 0.0947. The highest BCUT2D eigenvalue weighted by Gasteiger charge is 2.14. The van der Waals surface area contributed by atoms with Gasteiger partial charge in [0.1, 0.15) is 17.8 Å². The summed E-state index contributed by atoms with van der Waals surface area (Å²) in [4.78, 5) is 12.3. The van der Waals surface area contributed by atoms with Gasteiger partial charge in [-0.15, -0.1) is 10.2 Å². The van der Waals surface area contributed by atoms with Gasteiger partial charge < -0.3 is 9.88 Å². The Morgan fingerprint density at radius 2 is 2.04 bits per heavy atom. The summed E-state index contributed by atoms with van der Waals surface area (Å²) in [5, 5.41) is 15.7. The maximum absolute atomic E-state index is 13.0. The molecule has 1 aromatic carbocycles. The van der Waals surface area contributed by atoms with Gasteiger partial charge in [0.25, 0.3) is 5.91 Å². The lowest BCUT2D eigenvalue weighted by Crippen LogP contribution is -2.27. The Bertz CT molecular complexity index is 873. The fraction of sp³-hybridized carbons (Fsp3) is 0.250. The first-order valence-corrected chi connectivity index (χ1v) is 8.58. The van der Waals surface area contributed by atoms with E-state index in [4.69, 9.17) is 0 Å². The van der Waals surface area contributed by atoms with Crippen molar-refractivity contribution in [1.82, 2.24) is 29.9 Å². The van der Waals surface area contributed by atoms with Gasteiger partial charge >= 0.3 is 0 Å². The minimum Gasteiger partial charge on any atom is -0.350 e. The van der Waals surface area contributed by atoms with Gasteiger partial charge in [0, 0.05) is 32.0 Å². The smallest absolute Gasteiger partial charge is 0.269 e. The summed E-state index contributed by atoms with van der Waals surface area (Å²) in [7, 11) is 3.57. The summed E-state index contributed by atoms with van der Waals surface area (Å²) in [6.07, 6.45) is 1.63. The van der Waals surface area contributed by atoms with Crippen LogP contribution in [-0.4, -0.2) is 42.7 Å². The van der Waals surface area contributed by atoms with Gasteiger partial charge in [-0.3, -0.25) is 9.48 Å². The molecule has 2 aromatic heterocycles. The van der Waals surface area contributed by atoms with Crippen LogP contribution in [0, 0.1) is 5.82 Å². The number of carbonyl (C=O) groups is 1. The molecular formula is C16H17FN6OS. The number of halogens is 1. The van der Waals surface area contributed by atoms with Crippen molar-refractivity contribution in [3.8, 4) is 11.3 Å². The van der Waals surface area contributed by atoms with E-state index in [0.29, 0.717) is 23.7 Å². The molecule has 0 atom stereocenters. The fourth-order valence-electron chi connectivity index (χ4n) is 2.24. The highest BCUT2D eigenvalue weighted by molar-refractivity contribution is 7.99. The molecular weight excluding hydrogens is 343 g/mol. The van der Waals surface area contributed by atoms with Crippen molar-refractivity contribution in [1.29, 1.82) is 0 Å². The summed E-state index contributed by atoms with van der Waals surface area (Å²) in [6, 6.07) is 7.70. The molecule has 0 unspecified atom stereocenters. The summed E-state index contributed by atoms with van der Waals surface area (Å²) >= 11 is 1.52. The van der Waals surface area contributed by atoms with Crippen molar-refractivity contribution in [2.45, 2.75) is 5.16 Å². The maximum atomic E-state index is 13.0. The molecule has 3 aromatic rings. The van der Waals surface area contributed by atoms with Gasteiger partial charge in [0.2, 0.25) is 0 Å². The van der Waals surface area contributed by atoms with E-state index in [0.717, 1.165) is 10.7 Å². The number of rotatable bonds is 6. The first-order valence-electron chi connectivity index (χ1n) is 7.59. The molecule has 0 saturated carbocycles. The minimum atomic E-state index is -0.307. The Kier molecular flexibility index (Phi) is 5.13. The molecule has 1 N–H and O–H groups in total. The molecule has 0 aliphatic heterocycles. The van der Waals surface area contributed by atoms with Crippen LogP contribution in [0.15, 0.2) is 41.8 Å². The summed E-state index contributed by atoms with van der Waals surface area (Å²) in [5.41, 5.74) is 1.83. The van der Waals surface area contributed by atoms with E-state index >= 15 is 0 Å². The van der Waals surface area contributed by atoms with Gasteiger partial charge in [-0.25, -0.2) is 4.39 Å². The van der Waals surface area contributed by atoms with E-state index in [1.807, 2.05) is 11.6 Å². The summed E-state index contributed by atoms with van der Waals surface area (Å²) in [5.74, 6) is 0.168. The second-order valence-electron chi connectivity index (χ2n) is 5.37. The molecule has 0 fully saturated rings. The lowest BCUT2D eigenvalue weighted by Gasteiger charge is -2.04. The van der Waals surface area contributed by atoms with E-state index < -0.39 is 0 Å². The highest BCUT2D eigenvalue weighted by Crippen LogP contribution is 2.19. The number of amides is 1. The van der Waals surface area contributed by atoms with E-state index in [1.54, 1.807) is 31.6 Å². The van der Waals surface area contributed by atoms with Crippen molar-refractivity contribution in [3.05, 3.63) is 48.2 Å². The number of aryl methyl sites for hydroxylation is 2. The predicted molar refractivity (Wildman–Crippen MR) is 92.7 cm³/mol. The van der Waals surface area contributed by atoms with Crippen molar-refractivity contribution in [2.75, 3.05) is 12.3 Å². The van der Waals surface area contributed by atoms with Crippen LogP contribution >= 0.6 is 11.8 Å². The van der Waals surface area contributed by atoms with Gasteiger partial charge in [0.15, 0.2) is 5.16 Å². The van der Waals surface area contributed by atoms with Crippen LogP contribution in [0.25, 0.3) is 11.3 Å². The lowest BCUT2D eigenvalue weighted by atomic mass is 10.1. The van der Waals surface area contributed by atoms with Gasteiger partial charge in [-0.1, -0.05) is 11.8 Å². The fourth-order valence-corrected chi connectivity index (χ4v) is 2.98. The first kappa shape index (κ1) is 17.2. The summed E-state index contributed by atoms with van der Waals surface area (Å²) in [6.45, 7) is 0.493. The van der Waals surface area contributed by atoms with Gasteiger partial charge in [-0.2, -0.15) is 5.10 Å². The van der Waals surface area contributed by atoms with E-state index in [1.165, 1.54) is 28.6 Å². The number of nitrogens with zero attached hydrogens (tertiary/aromatic N) is 5. The number of benzene rings is 1. The minimum absolute atomic E-state index is 0.207. The second kappa shape index (κ2) is 7.47. The van der Waals surface area contributed by atoms with Crippen LogP contribution in [0.4, 0.5) is 4.39 Å². The molecule has 7 nitrogen and oxygen atoms in total. The Labute approximate surface area is 148 Å². The normalized spacial score (nSPS) is 10.8. The van der Waals surface area contributed by atoms with Gasteiger partial charge in [0.05, 0.1) is 5.69 Å². The highest BCUT2D eigenvalue weighted by atomic mass is 32.2. The number of thioether (sulfide) groups is 1. The molecule has 1 amide bonds. The monoisotopic (exact) mass is 360 g/mol. The van der Waals surface area contributed by atoms with Gasteiger partial charge in [-0.05, 0) is 30.3 Å². The van der Waals surface area contributed by atoms with Crippen LogP contribution in [0.1, 0.15) is 10.5 Å². The largest absolute Gasteiger partial charge is 0.350 e. The van der Waals surface area contributed by atoms with E-state index in [9.17, 15) is 9.18 Å². The van der Waals surface area contributed by atoms with Crippen molar-refractivity contribution >= 4 is 17.7 Å². The number of hydrogen-bond donors (Lipinski definition) is 1. The zero-order valence-electron chi connectivity index (χ0n) is 13.8. The third kappa shape index (κ3) is 4.05. The number of carbonyl (C=O) groups excluding carboxylic acids is 1. The summed E-state index contributed by atoms with van der Waals surface area (Å²) < 4.78 is 16.4. The zero-order chi connectivity index (χ0) is 17.8. The SMILES string of the molecule is Cn1cnnc1SCCNC(=O)c1cc(-c2ccc(F)cc2)nn1C. The Morgan fingerprint density at radius 1 is 1.28 bits per heavy atom. The molecule has 0 saturated heterocycles. The molecule has 0 bridgehead atoms. The van der Waals surface area contributed by atoms with Crippen LogP contribution in [0.2, 0.25) is 0 Å². The first-order chi connectivity index (χ1) is 12.0. The molecule has 2 heterocycles. The second-order valence-corrected chi connectivity index (χ2v) is 6.44. The zero-order valence-corrected chi connectivity index (χ0v) is 14.6. The van der Waals surface area contributed by atoms with Crippen molar-refractivity contribution in [3.63, 3.8) is 0 Å². The Morgan fingerprint density at radius 3 is 2.72 bits per heavy atom. The van der Waals surface area contributed by atoms with Crippen LogP contribution in [-0.2, 0) is 14.1 Å². The third-order valence-corrected chi connectivity index (χ3v) is 4.58. The number of nitrogens with one attached hydrogen (secondary N) is 1. The van der Waals surface area contributed by atoms with E-state index in [-0.39, 0.29) is 11.7 Å². The predicted octanol–water partition coefficient (Wildman–Crippen LogP) is 1.88. The Hall–Kier alpha value is -2.68. The average Bonchev–Trinajstić information content (AvgIpc) is 3.18. The molecule has 3 rings (SSSR count). The van der Waals surface area contributed by atoms with E-state index in [2.05, 4.69) is 20.6 Å². The molecule has 0 radical (unpaired) electrons. The molecule has 0 spiro atoms. The molecule has 0 aliphatic carbocycles. The standard InChI is InChI=1S/C16H17FN6OS/c1-22-10-19-20-16(22)25-8-7-18-15(24)14-9-13(21-23(14)2)11-3-5-12(17)6-4-11/h3-6,9-10H,7-8H2,1-2H3,(H,18,24). The molecule has 130 valence electrons. The average molecular weight is 360 g/mol. The topological polar surface area (TPSA) is 77.6 Å². The number of aromatic nitrogens is 5. The van der Waals surface area contributed by atoms with Crippen LogP contribution in [0.3, 0.4) is 0 Å². The molecule has 0 aliphatic rings.